The Kier molecular flexibility index (Phi) is 4.27. The van der Waals surface area contributed by atoms with Crippen molar-refractivity contribution in [1.82, 2.24) is 10.3 Å². The molecule has 1 aliphatic carbocycles. The highest BCUT2D eigenvalue weighted by molar-refractivity contribution is 6.33. The van der Waals surface area contributed by atoms with Gasteiger partial charge >= 0.3 is 0 Å². The van der Waals surface area contributed by atoms with Crippen LogP contribution in [0.5, 0.6) is 0 Å². The second kappa shape index (κ2) is 5.75. The number of amides is 1. The van der Waals surface area contributed by atoms with Crippen LogP contribution in [0.2, 0.25) is 5.02 Å². The summed E-state index contributed by atoms with van der Waals surface area (Å²) in [6.07, 6.45) is 5.50. The van der Waals surface area contributed by atoms with Crippen molar-refractivity contribution < 1.29 is 4.79 Å². The number of aromatic nitrogens is 1. The first kappa shape index (κ1) is 14.1. The zero-order valence-electron chi connectivity index (χ0n) is 11.0. The van der Waals surface area contributed by atoms with E-state index in [2.05, 4.69) is 22.7 Å². The van der Waals surface area contributed by atoms with Gasteiger partial charge in [0.15, 0.2) is 0 Å². The van der Waals surface area contributed by atoms with Crippen LogP contribution in [-0.2, 0) is 0 Å². The molecule has 104 valence electrons. The van der Waals surface area contributed by atoms with Gasteiger partial charge in [0.25, 0.3) is 5.91 Å². The molecule has 1 aliphatic rings. The summed E-state index contributed by atoms with van der Waals surface area (Å²) in [6.45, 7) is 2.07. The molecule has 1 fully saturated rings. The highest BCUT2D eigenvalue weighted by Gasteiger charge is 2.29. The van der Waals surface area contributed by atoms with Gasteiger partial charge in [-0.3, -0.25) is 4.79 Å². The van der Waals surface area contributed by atoms with E-state index in [-0.39, 0.29) is 17.1 Å². The van der Waals surface area contributed by atoms with Gasteiger partial charge in [-0.15, -0.1) is 0 Å². The standard InChI is InChI=1S/C13H19ClN4O/c1-13(7-3-2-4-8-13)17-12(19)11-9(14)5-6-10(16-11)18-15/h5-6H,2-4,7-8,15H2,1H3,(H,16,18)(H,17,19). The number of hydrogen-bond donors (Lipinski definition) is 3. The molecule has 0 atom stereocenters. The second-order valence-corrected chi connectivity index (χ2v) is 5.65. The van der Waals surface area contributed by atoms with Crippen molar-refractivity contribution in [2.45, 2.75) is 44.6 Å². The number of nitrogen functional groups attached to an aromatic ring is 1. The lowest BCUT2D eigenvalue weighted by molar-refractivity contribution is 0.0878. The number of nitrogens with two attached hydrogens (primary N) is 1. The Morgan fingerprint density at radius 1 is 1.37 bits per heavy atom. The molecule has 1 saturated carbocycles. The van der Waals surface area contributed by atoms with Crippen LogP contribution in [-0.4, -0.2) is 16.4 Å². The van der Waals surface area contributed by atoms with E-state index in [1.165, 1.54) is 6.42 Å². The van der Waals surface area contributed by atoms with Gasteiger partial charge in [0.2, 0.25) is 0 Å². The van der Waals surface area contributed by atoms with Crippen molar-refractivity contribution in [3.05, 3.63) is 22.8 Å². The fourth-order valence-electron chi connectivity index (χ4n) is 2.47. The van der Waals surface area contributed by atoms with Crippen molar-refractivity contribution in [3.8, 4) is 0 Å². The molecule has 0 radical (unpaired) electrons. The Morgan fingerprint density at radius 3 is 2.68 bits per heavy atom. The number of halogens is 1. The number of hydrogen-bond acceptors (Lipinski definition) is 4. The highest BCUT2D eigenvalue weighted by Crippen LogP contribution is 2.28. The van der Waals surface area contributed by atoms with Gasteiger partial charge in [-0.05, 0) is 31.9 Å². The van der Waals surface area contributed by atoms with Crippen molar-refractivity contribution in [2.75, 3.05) is 5.43 Å². The summed E-state index contributed by atoms with van der Waals surface area (Å²) >= 11 is 6.02. The van der Waals surface area contributed by atoms with Gasteiger partial charge in [-0.25, -0.2) is 10.8 Å². The van der Waals surface area contributed by atoms with Crippen molar-refractivity contribution in [1.29, 1.82) is 0 Å². The molecule has 6 heteroatoms. The van der Waals surface area contributed by atoms with E-state index >= 15 is 0 Å². The molecular weight excluding hydrogens is 264 g/mol. The van der Waals surface area contributed by atoms with Gasteiger partial charge in [0, 0.05) is 5.54 Å². The highest BCUT2D eigenvalue weighted by atomic mass is 35.5. The van der Waals surface area contributed by atoms with E-state index < -0.39 is 0 Å². The molecule has 0 aromatic carbocycles. The minimum absolute atomic E-state index is 0.160. The van der Waals surface area contributed by atoms with Crippen LogP contribution in [0.3, 0.4) is 0 Å². The third kappa shape index (κ3) is 3.36. The fourth-order valence-corrected chi connectivity index (χ4v) is 2.66. The molecule has 1 amide bonds. The lowest BCUT2D eigenvalue weighted by Gasteiger charge is -2.34. The molecule has 0 aliphatic heterocycles. The number of carbonyl (C=O) groups is 1. The van der Waals surface area contributed by atoms with Crippen LogP contribution in [0, 0.1) is 0 Å². The number of hydrazine groups is 1. The Labute approximate surface area is 117 Å². The van der Waals surface area contributed by atoms with E-state index in [4.69, 9.17) is 17.4 Å². The molecule has 0 saturated heterocycles. The van der Waals surface area contributed by atoms with E-state index in [0.29, 0.717) is 10.8 Å². The van der Waals surface area contributed by atoms with Crippen LogP contribution in [0.1, 0.15) is 49.5 Å². The molecule has 2 rings (SSSR count). The zero-order chi connectivity index (χ0) is 13.9. The summed E-state index contributed by atoms with van der Waals surface area (Å²) in [7, 11) is 0. The fraction of sp³-hybridized carbons (Fsp3) is 0.538. The average molecular weight is 283 g/mol. The quantitative estimate of drug-likeness (QED) is 0.588. The molecule has 0 unspecified atom stereocenters. The number of anilines is 1. The molecule has 1 heterocycles. The maximum atomic E-state index is 12.3. The van der Waals surface area contributed by atoms with Gasteiger partial charge < -0.3 is 10.7 Å². The lowest BCUT2D eigenvalue weighted by Crippen LogP contribution is -2.47. The van der Waals surface area contributed by atoms with Crippen LogP contribution >= 0.6 is 11.6 Å². The Morgan fingerprint density at radius 2 is 2.05 bits per heavy atom. The molecule has 1 aromatic heterocycles. The van der Waals surface area contributed by atoms with Gasteiger partial charge in [0.1, 0.15) is 11.5 Å². The summed E-state index contributed by atoms with van der Waals surface area (Å²) in [5, 5.41) is 3.38. The van der Waals surface area contributed by atoms with Crippen LogP contribution in [0.15, 0.2) is 12.1 Å². The number of pyridine rings is 1. The summed E-state index contributed by atoms with van der Waals surface area (Å²) in [5.41, 5.74) is 2.46. The first-order valence-electron chi connectivity index (χ1n) is 6.50. The van der Waals surface area contributed by atoms with Gasteiger partial charge in [0.05, 0.1) is 5.02 Å². The molecular formula is C13H19ClN4O. The van der Waals surface area contributed by atoms with Crippen molar-refractivity contribution in [3.63, 3.8) is 0 Å². The first-order chi connectivity index (χ1) is 9.04. The monoisotopic (exact) mass is 282 g/mol. The van der Waals surface area contributed by atoms with E-state index in [0.717, 1.165) is 25.7 Å². The number of nitrogens with zero attached hydrogens (tertiary/aromatic N) is 1. The van der Waals surface area contributed by atoms with Gasteiger partial charge in [-0.1, -0.05) is 30.9 Å². The van der Waals surface area contributed by atoms with Crippen LogP contribution in [0.25, 0.3) is 0 Å². The number of nitrogens with one attached hydrogen (secondary N) is 2. The topological polar surface area (TPSA) is 80.0 Å². The molecule has 4 N–H and O–H groups in total. The molecule has 19 heavy (non-hydrogen) atoms. The van der Waals surface area contributed by atoms with Crippen LogP contribution < -0.4 is 16.6 Å². The predicted octanol–water partition coefficient (Wildman–Crippen LogP) is 2.47. The lowest BCUT2D eigenvalue weighted by atomic mass is 9.83. The minimum atomic E-state index is -0.244. The Bertz CT molecular complexity index is 472. The van der Waals surface area contributed by atoms with Crippen molar-refractivity contribution >= 4 is 23.3 Å². The molecule has 0 bridgehead atoms. The third-order valence-corrected chi connectivity index (χ3v) is 3.89. The Balaban J connectivity index is 2.15. The maximum Gasteiger partial charge on any atom is 0.271 e. The number of carbonyl (C=O) groups excluding carboxylic acids is 1. The van der Waals surface area contributed by atoms with E-state index in [1.807, 2.05) is 0 Å². The molecule has 0 spiro atoms. The third-order valence-electron chi connectivity index (χ3n) is 3.58. The smallest absolute Gasteiger partial charge is 0.271 e. The Hall–Kier alpha value is -1.33. The summed E-state index contributed by atoms with van der Waals surface area (Å²) < 4.78 is 0. The SMILES string of the molecule is CC1(NC(=O)c2nc(NN)ccc2Cl)CCCCC1. The zero-order valence-corrected chi connectivity index (χ0v) is 11.8. The second-order valence-electron chi connectivity index (χ2n) is 5.25. The largest absolute Gasteiger partial charge is 0.345 e. The average Bonchev–Trinajstić information content (AvgIpc) is 2.39. The molecule has 5 nitrogen and oxygen atoms in total. The van der Waals surface area contributed by atoms with Gasteiger partial charge in [-0.2, -0.15) is 0 Å². The van der Waals surface area contributed by atoms with E-state index in [9.17, 15) is 4.79 Å². The van der Waals surface area contributed by atoms with Crippen molar-refractivity contribution in [2.24, 2.45) is 5.84 Å². The molecule has 1 aromatic rings. The normalized spacial score (nSPS) is 17.8. The maximum absolute atomic E-state index is 12.3. The van der Waals surface area contributed by atoms with E-state index in [1.54, 1.807) is 12.1 Å². The van der Waals surface area contributed by atoms with Crippen LogP contribution in [0.4, 0.5) is 5.82 Å². The number of rotatable bonds is 3. The minimum Gasteiger partial charge on any atom is -0.345 e. The summed E-state index contributed by atoms with van der Waals surface area (Å²) in [4.78, 5) is 16.4. The summed E-state index contributed by atoms with van der Waals surface area (Å²) in [6, 6.07) is 3.24. The predicted molar refractivity (Wildman–Crippen MR) is 76.0 cm³/mol. The first-order valence-corrected chi connectivity index (χ1v) is 6.87. The summed E-state index contributed by atoms with van der Waals surface area (Å²) in [5.74, 6) is 5.47.